The Bertz CT molecular complexity index is 1100. The average molecular weight is 336 g/mol. The van der Waals surface area contributed by atoms with Crippen LogP contribution in [-0.4, -0.2) is 47.0 Å². The summed E-state index contributed by atoms with van der Waals surface area (Å²) in [7, 11) is 0. The molecule has 0 aliphatic heterocycles. The van der Waals surface area contributed by atoms with Gasteiger partial charge in [-0.1, -0.05) is 17.3 Å². The first-order valence-corrected chi connectivity index (χ1v) is 7.50. The molecule has 0 atom stereocenters. The number of hydrogen-bond acceptors (Lipinski definition) is 7. The quantitative estimate of drug-likeness (QED) is 0.541. The highest BCUT2D eigenvalue weighted by atomic mass is 16.2. The van der Waals surface area contributed by atoms with E-state index in [2.05, 4.69) is 30.7 Å². The largest absolute Gasteiger partial charge is 0.347 e. The Morgan fingerprint density at radius 2 is 2.08 bits per heavy atom. The minimum Gasteiger partial charge on any atom is -0.347 e. The Morgan fingerprint density at radius 3 is 2.96 bits per heavy atom. The normalized spacial score (nSPS) is 11.0. The monoisotopic (exact) mass is 336 g/mol. The number of benzene rings is 1. The minimum atomic E-state index is -0.452. The summed E-state index contributed by atoms with van der Waals surface area (Å²) in [6, 6.07) is 8.65. The van der Waals surface area contributed by atoms with E-state index in [9.17, 15) is 9.59 Å². The van der Waals surface area contributed by atoms with Crippen LogP contribution in [0.2, 0.25) is 0 Å². The summed E-state index contributed by atoms with van der Waals surface area (Å²) in [5, 5.41) is 15.0. The van der Waals surface area contributed by atoms with E-state index in [-0.39, 0.29) is 24.5 Å². The summed E-state index contributed by atoms with van der Waals surface area (Å²) in [5.41, 5.74) is 0.282. The molecule has 0 fully saturated rings. The first kappa shape index (κ1) is 14.9. The summed E-state index contributed by atoms with van der Waals surface area (Å²) in [4.78, 5) is 32.4. The van der Waals surface area contributed by atoms with Gasteiger partial charge in [0.25, 0.3) is 17.2 Å². The molecule has 124 valence electrons. The van der Waals surface area contributed by atoms with Crippen LogP contribution in [0.1, 0.15) is 10.6 Å². The molecule has 3 heterocycles. The van der Waals surface area contributed by atoms with Gasteiger partial charge in [-0.25, -0.2) is 14.2 Å². The van der Waals surface area contributed by atoms with Crippen molar-refractivity contribution < 1.29 is 4.79 Å². The van der Waals surface area contributed by atoms with Crippen LogP contribution in [-0.2, 0) is 6.54 Å². The average Bonchev–Trinajstić information content (AvgIpc) is 3.08. The summed E-state index contributed by atoms with van der Waals surface area (Å²) < 4.78 is 2.62. The SMILES string of the molecule is O=C(NCCn1nnc2ccccc2c1=O)c1nc2ncccn2n1. The van der Waals surface area contributed by atoms with Crippen molar-refractivity contribution in [2.45, 2.75) is 6.54 Å². The molecule has 10 heteroatoms. The summed E-state index contributed by atoms with van der Waals surface area (Å²) in [6.45, 7) is 0.378. The van der Waals surface area contributed by atoms with Crippen LogP contribution < -0.4 is 10.9 Å². The lowest BCUT2D eigenvalue weighted by atomic mass is 10.2. The van der Waals surface area contributed by atoms with Gasteiger partial charge in [0, 0.05) is 18.9 Å². The molecule has 4 rings (SSSR count). The Balaban J connectivity index is 1.46. The van der Waals surface area contributed by atoms with Gasteiger partial charge >= 0.3 is 0 Å². The highest BCUT2D eigenvalue weighted by Gasteiger charge is 2.13. The molecule has 0 unspecified atom stereocenters. The molecule has 25 heavy (non-hydrogen) atoms. The van der Waals surface area contributed by atoms with Crippen molar-refractivity contribution in [2.24, 2.45) is 0 Å². The smallest absolute Gasteiger partial charge is 0.291 e. The molecular formula is C15H12N8O2. The van der Waals surface area contributed by atoms with Crippen molar-refractivity contribution in [3.63, 3.8) is 0 Å². The molecule has 0 radical (unpaired) electrons. The third-order valence-electron chi connectivity index (χ3n) is 3.56. The van der Waals surface area contributed by atoms with E-state index in [1.165, 1.54) is 9.20 Å². The van der Waals surface area contributed by atoms with Crippen LogP contribution in [0.5, 0.6) is 0 Å². The molecule has 1 aromatic carbocycles. The highest BCUT2D eigenvalue weighted by Crippen LogP contribution is 2.03. The van der Waals surface area contributed by atoms with E-state index in [0.29, 0.717) is 16.7 Å². The van der Waals surface area contributed by atoms with Crippen LogP contribution in [0.4, 0.5) is 0 Å². The second kappa shape index (κ2) is 6.07. The third-order valence-corrected chi connectivity index (χ3v) is 3.56. The number of carbonyl (C=O) groups is 1. The fourth-order valence-corrected chi connectivity index (χ4v) is 2.35. The summed E-state index contributed by atoms with van der Waals surface area (Å²) in [5.74, 6) is -0.104. The van der Waals surface area contributed by atoms with Gasteiger partial charge in [0.05, 0.1) is 11.9 Å². The van der Waals surface area contributed by atoms with Crippen LogP contribution >= 0.6 is 0 Å². The number of carbonyl (C=O) groups excluding carboxylic acids is 1. The molecule has 0 bridgehead atoms. The number of hydrogen-bond donors (Lipinski definition) is 1. The van der Waals surface area contributed by atoms with Gasteiger partial charge in [0.15, 0.2) is 0 Å². The van der Waals surface area contributed by atoms with Gasteiger partial charge in [0.1, 0.15) is 5.52 Å². The first-order valence-electron chi connectivity index (χ1n) is 7.50. The van der Waals surface area contributed by atoms with Crippen molar-refractivity contribution in [1.29, 1.82) is 0 Å². The first-order chi connectivity index (χ1) is 12.2. The fraction of sp³-hybridized carbons (Fsp3) is 0.133. The Hall–Kier alpha value is -3.69. The van der Waals surface area contributed by atoms with E-state index in [1.807, 2.05) is 0 Å². The molecule has 1 N–H and O–H groups in total. The van der Waals surface area contributed by atoms with Crippen LogP contribution in [0, 0.1) is 0 Å². The second-order valence-electron chi connectivity index (χ2n) is 5.19. The van der Waals surface area contributed by atoms with E-state index < -0.39 is 5.91 Å². The molecule has 0 spiro atoms. The molecule has 0 saturated carbocycles. The van der Waals surface area contributed by atoms with Gasteiger partial charge in [-0.3, -0.25) is 9.59 Å². The lowest BCUT2D eigenvalue weighted by Crippen LogP contribution is -2.33. The van der Waals surface area contributed by atoms with Gasteiger partial charge in [0.2, 0.25) is 5.82 Å². The Kier molecular flexibility index (Phi) is 3.61. The lowest BCUT2D eigenvalue weighted by molar-refractivity contribution is 0.0941. The fourth-order valence-electron chi connectivity index (χ4n) is 2.35. The highest BCUT2D eigenvalue weighted by molar-refractivity contribution is 5.90. The topological polar surface area (TPSA) is 120 Å². The van der Waals surface area contributed by atoms with E-state index >= 15 is 0 Å². The second-order valence-corrected chi connectivity index (χ2v) is 5.19. The number of nitrogens with zero attached hydrogens (tertiary/aromatic N) is 7. The molecular weight excluding hydrogens is 324 g/mol. The molecule has 10 nitrogen and oxygen atoms in total. The minimum absolute atomic E-state index is 0.00985. The Labute approximate surface area is 140 Å². The third kappa shape index (κ3) is 2.80. The van der Waals surface area contributed by atoms with E-state index in [0.717, 1.165) is 0 Å². The zero-order chi connectivity index (χ0) is 17.2. The van der Waals surface area contributed by atoms with Crippen molar-refractivity contribution in [3.8, 4) is 0 Å². The Morgan fingerprint density at radius 1 is 1.20 bits per heavy atom. The van der Waals surface area contributed by atoms with Crippen molar-refractivity contribution in [1.82, 2.24) is 39.9 Å². The maximum absolute atomic E-state index is 12.3. The molecule has 0 saturated heterocycles. The van der Waals surface area contributed by atoms with Gasteiger partial charge < -0.3 is 5.32 Å². The molecule has 4 aromatic rings. The predicted octanol–water partition coefficient (Wildman–Crippen LogP) is -0.341. The van der Waals surface area contributed by atoms with Crippen LogP contribution in [0.15, 0.2) is 47.5 Å². The van der Waals surface area contributed by atoms with E-state index in [4.69, 9.17) is 0 Å². The number of fused-ring (bicyclic) bond motifs is 2. The summed E-state index contributed by atoms with van der Waals surface area (Å²) >= 11 is 0. The number of nitrogens with one attached hydrogen (secondary N) is 1. The van der Waals surface area contributed by atoms with Gasteiger partial charge in [-0.05, 0) is 18.2 Å². The molecule has 3 aromatic heterocycles. The maximum atomic E-state index is 12.3. The van der Waals surface area contributed by atoms with Gasteiger partial charge in [-0.2, -0.15) is 4.98 Å². The molecule has 0 aliphatic carbocycles. The van der Waals surface area contributed by atoms with Gasteiger partial charge in [-0.15, -0.1) is 10.2 Å². The van der Waals surface area contributed by atoms with Crippen molar-refractivity contribution in [2.75, 3.05) is 6.54 Å². The zero-order valence-electron chi connectivity index (χ0n) is 12.9. The number of amides is 1. The molecule has 1 amide bonds. The van der Waals surface area contributed by atoms with Crippen molar-refractivity contribution in [3.05, 3.63) is 58.9 Å². The maximum Gasteiger partial charge on any atom is 0.291 e. The number of aromatic nitrogens is 7. The van der Waals surface area contributed by atoms with Crippen molar-refractivity contribution >= 4 is 22.6 Å². The summed E-state index contributed by atoms with van der Waals surface area (Å²) in [6.07, 6.45) is 3.22. The van der Waals surface area contributed by atoms with Crippen LogP contribution in [0.25, 0.3) is 16.7 Å². The predicted molar refractivity (Wildman–Crippen MR) is 86.9 cm³/mol. The zero-order valence-corrected chi connectivity index (χ0v) is 12.9. The molecule has 0 aliphatic rings. The van der Waals surface area contributed by atoms with Crippen LogP contribution in [0.3, 0.4) is 0 Å². The standard InChI is InChI=1S/C15H12N8O2/c24-13(12-18-15-17-6-3-8-23(15)20-12)16-7-9-22-14(25)10-4-1-2-5-11(10)19-21-22/h1-6,8H,7,9H2,(H,16,24). The number of rotatable bonds is 4. The van der Waals surface area contributed by atoms with E-state index in [1.54, 1.807) is 42.7 Å². The lowest BCUT2D eigenvalue weighted by Gasteiger charge is -2.05.